The minimum atomic E-state index is -0.164. The summed E-state index contributed by atoms with van der Waals surface area (Å²) in [5.74, 6) is 0.929. The number of rotatable bonds is 4. The molecule has 2 heterocycles. The maximum atomic E-state index is 11.9. The third-order valence-electron chi connectivity index (χ3n) is 2.86. The standard InChI is InChI=1S/C11H17N3O2/c1-9(11(15)14-6-2-3-7-14)12-8-10-4-5-13-16-10/h4-5,9,12H,2-3,6-8H2,1H3. The van der Waals surface area contributed by atoms with Crippen LogP contribution in [-0.4, -0.2) is 35.1 Å². The third-order valence-corrected chi connectivity index (χ3v) is 2.86. The number of nitrogens with zero attached hydrogens (tertiary/aromatic N) is 2. The van der Waals surface area contributed by atoms with Crippen LogP contribution in [0, 0.1) is 0 Å². The predicted molar refractivity (Wildman–Crippen MR) is 58.6 cm³/mol. The Morgan fingerprint density at radius 1 is 1.62 bits per heavy atom. The second-order valence-electron chi connectivity index (χ2n) is 4.11. The van der Waals surface area contributed by atoms with Crippen molar-refractivity contribution < 1.29 is 9.32 Å². The number of amides is 1. The summed E-state index contributed by atoms with van der Waals surface area (Å²) < 4.78 is 4.95. The van der Waals surface area contributed by atoms with E-state index in [0.29, 0.717) is 6.54 Å². The van der Waals surface area contributed by atoms with E-state index in [0.717, 1.165) is 31.7 Å². The number of hydrogen-bond donors (Lipinski definition) is 1. The van der Waals surface area contributed by atoms with Crippen LogP contribution < -0.4 is 5.32 Å². The van der Waals surface area contributed by atoms with E-state index in [-0.39, 0.29) is 11.9 Å². The first-order valence-electron chi connectivity index (χ1n) is 5.69. The molecular weight excluding hydrogens is 206 g/mol. The second kappa shape index (κ2) is 5.12. The lowest BCUT2D eigenvalue weighted by atomic mass is 10.3. The molecule has 1 aromatic heterocycles. The lowest BCUT2D eigenvalue weighted by molar-refractivity contribution is -0.132. The Bertz CT molecular complexity index is 331. The molecule has 1 atom stereocenters. The number of aromatic nitrogens is 1. The molecule has 16 heavy (non-hydrogen) atoms. The normalized spacial score (nSPS) is 17.7. The van der Waals surface area contributed by atoms with Crippen LogP contribution in [0.3, 0.4) is 0 Å². The highest BCUT2D eigenvalue weighted by Gasteiger charge is 2.22. The molecular formula is C11H17N3O2. The first kappa shape index (κ1) is 11.1. The molecule has 1 fully saturated rings. The van der Waals surface area contributed by atoms with Crippen molar-refractivity contribution in [3.05, 3.63) is 18.0 Å². The van der Waals surface area contributed by atoms with Gasteiger partial charge < -0.3 is 9.42 Å². The Morgan fingerprint density at radius 2 is 2.38 bits per heavy atom. The fourth-order valence-electron chi connectivity index (χ4n) is 1.89. The van der Waals surface area contributed by atoms with E-state index < -0.39 is 0 Å². The Balaban J connectivity index is 1.78. The highest BCUT2D eigenvalue weighted by atomic mass is 16.5. The highest BCUT2D eigenvalue weighted by Crippen LogP contribution is 2.09. The van der Waals surface area contributed by atoms with Gasteiger partial charge in [0.2, 0.25) is 5.91 Å². The van der Waals surface area contributed by atoms with Gasteiger partial charge >= 0.3 is 0 Å². The Hall–Kier alpha value is -1.36. The summed E-state index contributed by atoms with van der Waals surface area (Å²) in [6.07, 6.45) is 3.85. The van der Waals surface area contributed by atoms with Crippen molar-refractivity contribution in [2.45, 2.75) is 32.4 Å². The van der Waals surface area contributed by atoms with Gasteiger partial charge in [-0.2, -0.15) is 0 Å². The molecule has 0 spiro atoms. The van der Waals surface area contributed by atoms with E-state index in [1.165, 1.54) is 0 Å². The Labute approximate surface area is 94.8 Å². The molecule has 0 aliphatic carbocycles. The largest absolute Gasteiger partial charge is 0.360 e. The summed E-state index contributed by atoms with van der Waals surface area (Å²) in [7, 11) is 0. The quantitative estimate of drug-likeness (QED) is 0.819. The average Bonchev–Trinajstić information content (AvgIpc) is 2.96. The van der Waals surface area contributed by atoms with Gasteiger partial charge in [-0.05, 0) is 19.8 Å². The van der Waals surface area contributed by atoms with Crippen LogP contribution in [0.5, 0.6) is 0 Å². The van der Waals surface area contributed by atoms with E-state index in [1.54, 1.807) is 12.3 Å². The SMILES string of the molecule is CC(NCc1ccno1)C(=O)N1CCCC1. The average molecular weight is 223 g/mol. The summed E-state index contributed by atoms with van der Waals surface area (Å²) >= 11 is 0. The monoisotopic (exact) mass is 223 g/mol. The molecule has 1 unspecified atom stereocenters. The van der Waals surface area contributed by atoms with E-state index in [4.69, 9.17) is 4.52 Å². The van der Waals surface area contributed by atoms with Gasteiger partial charge in [-0.15, -0.1) is 0 Å². The molecule has 1 aliphatic rings. The van der Waals surface area contributed by atoms with Gasteiger partial charge in [-0.25, -0.2) is 0 Å². The molecule has 1 N–H and O–H groups in total. The zero-order valence-corrected chi connectivity index (χ0v) is 9.48. The minimum absolute atomic E-state index is 0.164. The van der Waals surface area contributed by atoms with Gasteiger partial charge in [0, 0.05) is 19.2 Å². The number of carbonyl (C=O) groups excluding carboxylic acids is 1. The topological polar surface area (TPSA) is 58.4 Å². The van der Waals surface area contributed by atoms with Gasteiger partial charge in [0.15, 0.2) is 0 Å². The van der Waals surface area contributed by atoms with E-state index >= 15 is 0 Å². The van der Waals surface area contributed by atoms with Crippen molar-refractivity contribution in [3.8, 4) is 0 Å². The molecule has 1 aliphatic heterocycles. The second-order valence-corrected chi connectivity index (χ2v) is 4.11. The van der Waals surface area contributed by atoms with Crippen molar-refractivity contribution in [1.82, 2.24) is 15.4 Å². The van der Waals surface area contributed by atoms with Gasteiger partial charge in [0.05, 0.1) is 18.8 Å². The summed E-state index contributed by atoms with van der Waals surface area (Å²) in [5, 5.41) is 6.75. The van der Waals surface area contributed by atoms with Gasteiger partial charge in [0.25, 0.3) is 0 Å². The van der Waals surface area contributed by atoms with Crippen LogP contribution in [0.2, 0.25) is 0 Å². The van der Waals surface area contributed by atoms with E-state index in [2.05, 4.69) is 10.5 Å². The van der Waals surface area contributed by atoms with Crippen molar-refractivity contribution >= 4 is 5.91 Å². The molecule has 0 radical (unpaired) electrons. The molecule has 0 aromatic carbocycles. The summed E-state index contributed by atoms with van der Waals surface area (Å²) in [6, 6.07) is 1.63. The summed E-state index contributed by atoms with van der Waals surface area (Å²) in [6.45, 7) is 4.22. The first-order valence-corrected chi connectivity index (χ1v) is 5.69. The number of nitrogens with one attached hydrogen (secondary N) is 1. The molecule has 0 bridgehead atoms. The van der Waals surface area contributed by atoms with Gasteiger partial charge in [-0.1, -0.05) is 5.16 Å². The maximum absolute atomic E-state index is 11.9. The number of hydrogen-bond acceptors (Lipinski definition) is 4. The lowest BCUT2D eigenvalue weighted by Crippen LogP contribution is -2.43. The number of likely N-dealkylation sites (tertiary alicyclic amines) is 1. The molecule has 2 rings (SSSR count). The van der Waals surface area contributed by atoms with E-state index in [9.17, 15) is 4.79 Å². The van der Waals surface area contributed by atoms with Crippen LogP contribution in [0.4, 0.5) is 0 Å². The highest BCUT2D eigenvalue weighted by molar-refractivity contribution is 5.81. The van der Waals surface area contributed by atoms with E-state index in [1.807, 2.05) is 11.8 Å². The van der Waals surface area contributed by atoms with Gasteiger partial charge in [0.1, 0.15) is 5.76 Å². The lowest BCUT2D eigenvalue weighted by Gasteiger charge is -2.20. The zero-order chi connectivity index (χ0) is 11.4. The van der Waals surface area contributed by atoms with Crippen LogP contribution in [0.15, 0.2) is 16.8 Å². The number of carbonyl (C=O) groups is 1. The molecule has 1 saturated heterocycles. The molecule has 5 heteroatoms. The van der Waals surface area contributed by atoms with Crippen molar-refractivity contribution in [2.24, 2.45) is 0 Å². The summed E-state index contributed by atoms with van der Waals surface area (Å²) in [4.78, 5) is 13.8. The summed E-state index contributed by atoms with van der Waals surface area (Å²) in [5.41, 5.74) is 0. The molecule has 1 amide bonds. The Morgan fingerprint density at radius 3 is 3.00 bits per heavy atom. The van der Waals surface area contributed by atoms with Crippen molar-refractivity contribution in [1.29, 1.82) is 0 Å². The third kappa shape index (κ3) is 2.61. The predicted octanol–water partition coefficient (Wildman–Crippen LogP) is 0.775. The molecule has 0 saturated carbocycles. The zero-order valence-electron chi connectivity index (χ0n) is 9.48. The first-order chi connectivity index (χ1) is 7.77. The maximum Gasteiger partial charge on any atom is 0.239 e. The van der Waals surface area contributed by atoms with Crippen molar-refractivity contribution in [3.63, 3.8) is 0 Å². The van der Waals surface area contributed by atoms with Crippen LogP contribution >= 0.6 is 0 Å². The molecule has 88 valence electrons. The van der Waals surface area contributed by atoms with Gasteiger partial charge in [-0.3, -0.25) is 10.1 Å². The molecule has 1 aromatic rings. The fourth-order valence-corrected chi connectivity index (χ4v) is 1.89. The Kier molecular flexibility index (Phi) is 3.56. The smallest absolute Gasteiger partial charge is 0.239 e. The van der Waals surface area contributed by atoms with Crippen LogP contribution in [-0.2, 0) is 11.3 Å². The van der Waals surface area contributed by atoms with Crippen LogP contribution in [0.25, 0.3) is 0 Å². The minimum Gasteiger partial charge on any atom is -0.360 e. The van der Waals surface area contributed by atoms with Crippen molar-refractivity contribution in [2.75, 3.05) is 13.1 Å². The fraction of sp³-hybridized carbons (Fsp3) is 0.636. The van der Waals surface area contributed by atoms with Crippen LogP contribution in [0.1, 0.15) is 25.5 Å². The molecule has 5 nitrogen and oxygen atoms in total.